The molecular formula is C11H13N3O3. The van der Waals surface area contributed by atoms with E-state index in [1.54, 1.807) is 6.07 Å². The van der Waals surface area contributed by atoms with Crippen molar-refractivity contribution in [2.24, 2.45) is 5.73 Å². The molecule has 0 unspecified atom stereocenters. The Kier molecular flexibility index (Phi) is 2.95. The van der Waals surface area contributed by atoms with Gasteiger partial charge in [0.1, 0.15) is 5.56 Å². The van der Waals surface area contributed by atoms with Crippen LogP contribution in [0.1, 0.15) is 23.2 Å². The second-order valence-electron chi connectivity index (χ2n) is 4.02. The highest BCUT2D eigenvalue weighted by molar-refractivity contribution is 5.98. The van der Waals surface area contributed by atoms with Crippen LogP contribution in [-0.4, -0.2) is 23.9 Å². The van der Waals surface area contributed by atoms with E-state index in [9.17, 15) is 14.9 Å². The molecule has 0 aliphatic carbocycles. The highest BCUT2D eigenvalue weighted by Gasteiger charge is 2.21. The number of nitro groups is 1. The first-order chi connectivity index (χ1) is 8.09. The molecule has 1 saturated heterocycles. The van der Waals surface area contributed by atoms with Crippen molar-refractivity contribution in [3.8, 4) is 0 Å². The maximum absolute atomic E-state index is 11.2. The predicted octanol–water partition coefficient (Wildman–Crippen LogP) is 1.29. The Morgan fingerprint density at radius 1 is 1.35 bits per heavy atom. The zero-order valence-electron chi connectivity index (χ0n) is 9.26. The molecule has 1 heterocycles. The summed E-state index contributed by atoms with van der Waals surface area (Å²) in [7, 11) is 0. The molecule has 6 heteroatoms. The van der Waals surface area contributed by atoms with Crippen LogP contribution in [0.2, 0.25) is 0 Å². The molecular weight excluding hydrogens is 222 g/mol. The van der Waals surface area contributed by atoms with Crippen LogP contribution in [0.5, 0.6) is 0 Å². The molecule has 2 rings (SSSR count). The minimum Gasteiger partial charge on any atom is -0.372 e. The summed E-state index contributed by atoms with van der Waals surface area (Å²) in [6.45, 7) is 1.83. The first-order valence-corrected chi connectivity index (χ1v) is 5.43. The van der Waals surface area contributed by atoms with E-state index in [1.165, 1.54) is 12.1 Å². The fourth-order valence-electron chi connectivity index (χ4n) is 2.05. The molecule has 1 aromatic rings. The van der Waals surface area contributed by atoms with Gasteiger partial charge in [0.2, 0.25) is 0 Å². The summed E-state index contributed by atoms with van der Waals surface area (Å²) in [5.41, 5.74) is 5.72. The molecule has 1 aliphatic heterocycles. The summed E-state index contributed by atoms with van der Waals surface area (Å²) in [6, 6.07) is 4.51. The number of nitrogens with two attached hydrogens (primary N) is 1. The van der Waals surface area contributed by atoms with E-state index >= 15 is 0 Å². The predicted molar refractivity (Wildman–Crippen MR) is 63.1 cm³/mol. The summed E-state index contributed by atoms with van der Waals surface area (Å²) in [5.74, 6) is -0.766. The van der Waals surface area contributed by atoms with E-state index < -0.39 is 10.8 Å². The van der Waals surface area contributed by atoms with Gasteiger partial charge >= 0.3 is 0 Å². The SMILES string of the molecule is NC(=O)c1cc(N2CCCC2)ccc1[N+](=O)[O-]. The molecule has 0 radical (unpaired) electrons. The number of rotatable bonds is 3. The van der Waals surface area contributed by atoms with Gasteiger partial charge in [-0.25, -0.2) is 0 Å². The van der Waals surface area contributed by atoms with Crippen molar-refractivity contribution in [3.63, 3.8) is 0 Å². The van der Waals surface area contributed by atoms with Gasteiger partial charge < -0.3 is 10.6 Å². The lowest BCUT2D eigenvalue weighted by Gasteiger charge is -2.17. The van der Waals surface area contributed by atoms with E-state index in [0.29, 0.717) is 0 Å². The molecule has 90 valence electrons. The van der Waals surface area contributed by atoms with Crippen molar-refractivity contribution in [1.29, 1.82) is 0 Å². The van der Waals surface area contributed by atoms with Gasteiger partial charge in [0.05, 0.1) is 4.92 Å². The Morgan fingerprint density at radius 2 is 2.00 bits per heavy atom. The molecule has 1 amide bonds. The average molecular weight is 235 g/mol. The number of nitrogens with zero attached hydrogens (tertiary/aromatic N) is 2. The standard InChI is InChI=1S/C11H13N3O3/c12-11(15)9-7-8(13-5-1-2-6-13)3-4-10(9)14(16)17/h3-4,7H,1-2,5-6H2,(H2,12,15). The molecule has 2 N–H and O–H groups in total. The largest absolute Gasteiger partial charge is 0.372 e. The third-order valence-electron chi connectivity index (χ3n) is 2.91. The van der Waals surface area contributed by atoms with Crippen LogP contribution < -0.4 is 10.6 Å². The number of benzene rings is 1. The van der Waals surface area contributed by atoms with E-state index in [1.807, 2.05) is 0 Å². The molecule has 0 bridgehead atoms. The summed E-state index contributed by atoms with van der Waals surface area (Å²) >= 11 is 0. The normalized spacial score (nSPS) is 14.9. The van der Waals surface area contributed by atoms with Crippen LogP contribution in [-0.2, 0) is 0 Å². The fraction of sp³-hybridized carbons (Fsp3) is 0.364. The van der Waals surface area contributed by atoms with Crippen molar-refractivity contribution in [1.82, 2.24) is 0 Å². The number of carbonyl (C=O) groups is 1. The minimum absolute atomic E-state index is 0.0283. The first kappa shape index (κ1) is 11.4. The smallest absolute Gasteiger partial charge is 0.282 e. The number of carbonyl (C=O) groups excluding carboxylic acids is 1. The van der Waals surface area contributed by atoms with Gasteiger partial charge in [-0.2, -0.15) is 0 Å². The van der Waals surface area contributed by atoms with Crippen molar-refractivity contribution in [2.75, 3.05) is 18.0 Å². The van der Waals surface area contributed by atoms with E-state index in [-0.39, 0.29) is 11.3 Å². The minimum atomic E-state index is -0.766. The molecule has 1 aliphatic rings. The monoisotopic (exact) mass is 235 g/mol. The molecule has 6 nitrogen and oxygen atoms in total. The van der Waals surface area contributed by atoms with E-state index in [4.69, 9.17) is 5.73 Å². The Hall–Kier alpha value is -2.11. The van der Waals surface area contributed by atoms with E-state index in [0.717, 1.165) is 31.6 Å². The summed E-state index contributed by atoms with van der Waals surface area (Å²) in [5, 5.41) is 10.7. The quantitative estimate of drug-likeness (QED) is 0.631. The zero-order valence-corrected chi connectivity index (χ0v) is 9.26. The molecule has 0 aromatic heterocycles. The topological polar surface area (TPSA) is 89.5 Å². The third kappa shape index (κ3) is 2.20. The van der Waals surface area contributed by atoms with Gasteiger partial charge in [-0.15, -0.1) is 0 Å². The van der Waals surface area contributed by atoms with Crippen molar-refractivity contribution >= 4 is 17.3 Å². The van der Waals surface area contributed by atoms with Crippen LogP contribution in [0.25, 0.3) is 0 Å². The van der Waals surface area contributed by atoms with Gasteiger partial charge in [-0.1, -0.05) is 0 Å². The highest BCUT2D eigenvalue weighted by atomic mass is 16.6. The summed E-state index contributed by atoms with van der Waals surface area (Å²) in [6.07, 6.45) is 2.20. The van der Waals surface area contributed by atoms with E-state index in [2.05, 4.69) is 4.90 Å². The van der Waals surface area contributed by atoms with Gasteiger partial charge in [-0.3, -0.25) is 14.9 Å². The lowest BCUT2D eigenvalue weighted by Crippen LogP contribution is -2.19. The fourth-order valence-corrected chi connectivity index (χ4v) is 2.05. The first-order valence-electron chi connectivity index (χ1n) is 5.43. The van der Waals surface area contributed by atoms with Crippen molar-refractivity contribution in [3.05, 3.63) is 33.9 Å². The second kappa shape index (κ2) is 4.40. The Balaban J connectivity index is 2.41. The maximum Gasteiger partial charge on any atom is 0.282 e. The molecule has 1 aromatic carbocycles. The van der Waals surface area contributed by atoms with Crippen LogP contribution >= 0.6 is 0 Å². The van der Waals surface area contributed by atoms with Crippen molar-refractivity contribution in [2.45, 2.75) is 12.8 Å². The van der Waals surface area contributed by atoms with Gasteiger partial charge in [0, 0.05) is 24.8 Å². The maximum atomic E-state index is 11.2. The second-order valence-corrected chi connectivity index (χ2v) is 4.02. The zero-order chi connectivity index (χ0) is 12.4. The van der Waals surface area contributed by atoms with Gasteiger partial charge in [0.25, 0.3) is 11.6 Å². The molecule has 1 fully saturated rings. The Labute approximate surface area is 98.2 Å². The summed E-state index contributed by atoms with van der Waals surface area (Å²) < 4.78 is 0. The lowest BCUT2D eigenvalue weighted by molar-refractivity contribution is -0.385. The lowest BCUT2D eigenvalue weighted by atomic mass is 10.1. The highest BCUT2D eigenvalue weighted by Crippen LogP contribution is 2.26. The Bertz CT molecular complexity index is 467. The van der Waals surface area contributed by atoms with Crippen LogP contribution in [0, 0.1) is 10.1 Å². The number of hydrogen-bond donors (Lipinski definition) is 1. The van der Waals surface area contributed by atoms with Crippen LogP contribution in [0.15, 0.2) is 18.2 Å². The summed E-state index contributed by atoms with van der Waals surface area (Å²) in [4.78, 5) is 23.4. The Morgan fingerprint density at radius 3 is 2.53 bits per heavy atom. The number of hydrogen-bond acceptors (Lipinski definition) is 4. The number of anilines is 1. The van der Waals surface area contributed by atoms with Crippen molar-refractivity contribution < 1.29 is 9.72 Å². The average Bonchev–Trinajstić information content (AvgIpc) is 2.81. The number of primary amides is 1. The third-order valence-corrected chi connectivity index (χ3v) is 2.91. The molecule has 0 spiro atoms. The van der Waals surface area contributed by atoms with Gasteiger partial charge in [0.15, 0.2) is 0 Å². The molecule has 17 heavy (non-hydrogen) atoms. The number of nitro benzene ring substituents is 1. The van der Waals surface area contributed by atoms with Crippen LogP contribution in [0.3, 0.4) is 0 Å². The van der Waals surface area contributed by atoms with Crippen LogP contribution in [0.4, 0.5) is 11.4 Å². The molecule has 0 atom stereocenters. The number of amides is 1. The van der Waals surface area contributed by atoms with Gasteiger partial charge in [-0.05, 0) is 25.0 Å². The molecule has 0 saturated carbocycles.